The number of H-pyrrole nitrogens is 1. The molecule has 1 atom stereocenters. The number of aromatic nitrogens is 4. The van der Waals surface area contributed by atoms with Gasteiger partial charge in [0, 0.05) is 44.1 Å². The lowest BCUT2D eigenvalue weighted by atomic mass is 9.96. The van der Waals surface area contributed by atoms with Gasteiger partial charge in [0.25, 0.3) is 0 Å². The van der Waals surface area contributed by atoms with Crippen molar-refractivity contribution in [3.8, 4) is 0 Å². The van der Waals surface area contributed by atoms with Crippen molar-refractivity contribution in [2.75, 3.05) is 19.8 Å². The van der Waals surface area contributed by atoms with Gasteiger partial charge in [0.15, 0.2) is 0 Å². The molecule has 0 aliphatic carbocycles. The molecule has 0 bridgehead atoms. The molecule has 1 fully saturated rings. The molecule has 10 heteroatoms. The standard InChI is InChI=1S/C24H26ClFN6O2/c25-19-2-1-16(10-20(19)26)23(18-12-28-29-13-18)31-24(33)32-6-3-17-11-27-22(30-21(17)14-32)9-15-4-7-34-8-5-15/h1-2,10-13,15,23H,3-9,14H2,(H,28,29)(H,31,33). The lowest BCUT2D eigenvalue weighted by molar-refractivity contribution is 0.0659. The molecule has 3 aromatic rings. The van der Waals surface area contributed by atoms with Gasteiger partial charge in [-0.25, -0.2) is 19.2 Å². The molecule has 2 amide bonds. The predicted octanol–water partition coefficient (Wildman–Crippen LogP) is 3.82. The van der Waals surface area contributed by atoms with Crippen molar-refractivity contribution < 1.29 is 13.9 Å². The van der Waals surface area contributed by atoms with Crippen LogP contribution in [-0.4, -0.2) is 50.9 Å². The summed E-state index contributed by atoms with van der Waals surface area (Å²) >= 11 is 5.85. The zero-order valence-electron chi connectivity index (χ0n) is 18.6. The minimum Gasteiger partial charge on any atom is -0.381 e. The third kappa shape index (κ3) is 5.05. The summed E-state index contributed by atoms with van der Waals surface area (Å²) in [6.45, 7) is 2.53. The number of amides is 2. The molecule has 2 aromatic heterocycles. The van der Waals surface area contributed by atoms with Crippen LogP contribution in [0.1, 0.15) is 47.1 Å². The van der Waals surface area contributed by atoms with Gasteiger partial charge in [0.2, 0.25) is 0 Å². The van der Waals surface area contributed by atoms with Gasteiger partial charge in [0.1, 0.15) is 11.6 Å². The molecule has 178 valence electrons. The fourth-order valence-corrected chi connectivity index (χ4v) is 4.63. The minimum absolute atomic E-state index is 0.0323. The van der Waals surface area contributed by atoms with E-state index in [2.05, 4.69) is 20.5 Å². The number of benzene rings is 1. The Morgan fingerprint density at radius 3 is 2.91 bits per heavy atom. The van der Waals surface area contributed by atoms with Gasteiger partial charge in [-0.1, -0.05) is 17.7 Å². The van der Waals surface area contributed by atoms with Gasteiger partial charge in [-0.15, -0.1) is 0 Å². The number of hydrogen-bond donors (Lipinski definition) is 2. The highest BCUT2D eigenvalue weighted by atomic mass is 35.5. The minimum atomic E-state index is -0.575. The van der Waals surface area contributed by atoms with Crippen LogP contribution in [-0.2, 0) is 24.1 Å². The Bertz CT molecular complexity index is 1150. The lowest BCUT2D eigenvalue weighted by Crippen LogP contribution is -2.44. The first-order valence-corrected chi connectivity index (χ1v) is 11.8. The molecule has 1 aromatic carbocycles. The van der Waals surface area contributed by atoms with Crippen molar-refractivity contribution in [3.63, 3.8) is 0 Å². The number of ether oxygens (including phenoxy) is 1. The molecule has 2 N–H and O–H groups in total. The van der Waals surface area contributed by atoms with E-state index in [1.807, 2.05) is 6.20 Å². The van der Waals surface area contributed by atoms with Crippen molar-refractivity contribution in [2.24, 2.45) is 5.92 Å². The zero-order valence-corrected chi connectivity index (χ0v) is 19.4. The van der Waals surface area contributed by atoms with Gasteiger partial charge >= 0.3 is 6.03 Å². The summed E-state index contributed by atoms with van der Waals surface area (Å²) in [5.41, 5.74) is 3.26. The summed E-state index contributed by atoms with van der Waals surface area (Å²) in [6.07, 6.45) is 8.75. The van der Waals surface area contributed by atoms with Crippen molar-refractivity contribution >= 4 is 17.6 Å². The van der Waals surface area contributed by atoms with Crippen molar-refractivity contribution in [1.82, 2.24) is 30.4 Å². The van der Waals surface area contributed by atoms with Gasteiger partial charge in [-0.3, -0.25) is 5.10 Å². The maximum atomic E-state index is 14.1. The number of halogens is 2. The number of nitrogens with one attached hydrogen (secondary N) is 2. The topological polar surface area (TPSA) is 96.0 Å². The number of rotatable bonds is 5. The van der Waals surface area contributed by atoms with Gasteiger partial charge in [0.05, 0.1) is 29.5 Å². The molecular formula is C24H26ClFN6O2. The number of hydrogen-bond acceptors (Lipinski definition) is 5. The molecule has 5 rings (SSSR count). The van der Waals surface area contributed by atoms with Crippen LogP contribution in [0.3, 0.4) is 0 Å². The van der Waals surface area contributed by atoms with Crippen LogP contribution in [0.2, 0.25) is 5.02 Å². The van der Waals surface area contributed by atoms with E-state index < -0.39 is 11.9 Å². The Hall–Kier alpha value is -3.04. The van der Waals surface area contributed by atoms with Crippen molar-refractivity contribution in [3.05, 3.63) is 75.8 Å². The highest BCUT2D eigenvalue weighted by Crippen LogP contribution is 2.26. The number of carbonyl (C=O) groups excluding carboxylic acids is 1. The van der Waals surface area contributed by atoms with E-state index in [9.17, 15) is 9.18 Å². The van der Waals surface area contributed by atoms with Crippen LogP contribution in [0.25, 0.3) is 0 Å². The molecule has 4 heterocycles. The van der Waals surface area contributed by atoms with E-state index in [-0.39, 0.29) is 11.1 Å². The first-order chi connectivity index (χ1) is 16.6. The van der Waals surface area contributed by atoms with Crippen molar-refractivity contribution in [2.45, 2.75) is 38.3 Å². The van der Waals surface area contributed by atoms with Gasteiger partial charge in [-0.05, 0) is 48.4 Å². The third-order valence-corrected chi connectivity index (χ3v) is 6.80. The highest BCUT2D eigenvalue weighted by Gasteiger charge is 2.27. The molecule has 2 aliphatic rings. The Morgan fingerprint density at radius 2 is 2.15 bits per heavy atom. The van der Waals surface area contributed by atoms with E-state index in [1.165, 1.54) is 12.1 Å². The summed E-state index contributed by atoms with van der Waals surface area (Å²) in [6, 6.07) is 3.69. The molecule has 0 spiro atoms. The van der Waals surface area contributed by atoms with E-state index in [0.29, 0.717) is 36.6 Å². The monoisotopic (exact) mass is 484 g/mol. The molecular weight excluding hydrogens is 459 g/mol. The Labute approximate surface area is 201 Å². The number of urea groups is 1. The molecule has 1 unspecified atom stereocenters. The Kier molecular flexibility index (Phi) is 6.73. The fourth-order valence-electron chi connectivity index (χ4n) is 4.51. The fraction of sp³-hybridized carbons (Fsp3) is 0.417. The van der Waals surface area contributed by atoms with Crippen LogP contribution in [0, 0.1) is 11.7 Å². The second-order valence-corrected chi connectivity index (χ2v) is 9.18. The number of fused-ring (bicyclic) bond motifs is 1. The Balaban J connectivity index is 1.30. The highest BCUT2D eigenvalue weighted by molar-refractivity contribution is 6.30. The molecule has 0 radical (unpaired) electrons. The average Bonchev–Trinajstić information content (AvgIpc) is 3.39. The van der Waals surface area contributed by atoms with E-state index in [0.717, 1.165) is 49.6 Å². The molecule has 34 heavy (non-hydrogen) atoms. The Morgan fingerprint density at radius 1 is 1.29 bits per heavy atom. The number of aromatic amines is 1. The van der Waals surface area contributed by atoms with Gasteiger partial charge in [-0.2, -0.15) is 5.10 Å². The SMILES string of the molecule is O=C(NC(c1cn[nH]c1)c1ccc(Cl)c(F)c1)N1CCc2cnc(CC3CCOCC3)nc2C1. The van der Waals surface area contributed by atoms with Crippen LogP contribution >= 0.6 is 11.6 Å². The van der Waals surface area contributed by atoms with Gasteiger partial charge < -0.3 is 15.0 Å². The molecule has 8 nitrogen and oxygen atoms in total. The van der Waals surface area contributed by atoms with Crippen LogP contribution in [0.5, 0.6) is 0 Å². The maximum Gasteiger partial charge on any atom is 0.318 e. The number of carbonyl (C=O) groups is 1. The zero-order chi connectivity index (χ0) is 23.5. The summed E-state index contributed by atoms with van der Waals surface area (Å²) in [4.78, 5) is 24.3. The van der Waals surface area contributed by atoms with Crippen LogP contribution in [0.15, 0.2) is 36.8 Å². The normalized spacial score (nSPS) is 17.3. The van der Waals surface area contributed by atoms with Crippen molar-refractivity contribution in [1.29, 1.82) is 0 Å². The molecule has 0 saturated carbocycles. The lowest BCUT2D eigenvalue weighted by Gasteiger charge is -2.30. The summed E-state index contributed by atoms with van der Waals surface area (Å²) in [5, 5.41) is 9.79. The first-order valence-electron chi connectivity index (χ1n) is 11.5. The quantitative estimate of drug-likeness (QED) is 0.574. The van der Waals surface area contributed by atoms with Crippen LogP contribution < -0.4 is 5.32 Å². The third-order valence-electron chi connectivity index (χ3n) is 6.49. The smallest absolute Gasteiger partial charge is 0.318 e. The summed E-state index contributed by atoms with van der Waals surface area (Å²) in [7, 11) is 0. The second-order valence-electron chi connectivity index (χ2n) is 8.78. The second kappa shape index (κ2) is 10.1. The first kappa shape index (κ1) is 22.7. The molecule has 1 saturated heterocycles. The molecule has 2 aliphatic heterocycles. The van der Waals surface area contributed by atoms with E-state index in [4.69, 9.17) is 21.3 Å². The predicted molar refractivity (Wildman–Crippen MR) is 124 cm³/mol. The summed E-state index contributed by atoms with van der Waals surface area (Å²) in [5.74, 6) is 0.814. The van der Waals surface area contributed by atoms with Crippen LogP contribution in [0.4, 0.5) is 9.18 Å². The summed E-state index contributed by atoms with van der Waals surface area (Å²) < 4.78 is 19.6. The number of nitrogens with zero attached hydrogens (tertiary/aromatic N) is 4. The maximum absolute atomic E-state index is 14.1. The van der Waals surface area contributed by atoms with E-state index in [1.54, 1.807) is 23.4 Å². The largest absolute Gasteiger partial charge is 0.381 e. The van der Waals surface area contributed by atoms with E-state index >= 15 is 0 Å². The average molecular weight is 485 g/mol.